The van der Waals surface area contributed by atoms with Crippen molar-refractivity contribution >= 4 is 5.82 Å². The quantitative estimate of drug-likeness (QED) is 0.861. The normalized spacial score (nSPS) is 17.5. The maximum absolute atomic E-state index is 4.78. The lowest BCUT2D eigenvalue weighted by atomic mass is 10.1. The van der Waals surface area contributed by atoms with Crippen LogP contribution in [0.1, 0.15) is 65.0 Å². The first-order valence-electron chi connectivity index (χ1n) is 8.24. The lowest BCUT2D eigenvalue weighted by Gasteiger charge is -2.28. The van der Waals surface area contributed by atoms with Crippen LogP contribution in [0.5, 0.6) is 0 Å². The number of aromatic nitrogens is 2. The molecular formula is C17H30N4. The summed E-state index contributed by atoms with van der Waals surface area (Å²) in [4.78, 5) is 11.5. The van der Waals surface area contributed by atoms with Gasteiger partial charge in [-0.15, -0.1) is 0 Å². The Bertz CT molecular complexity index is 431. The van der Waals surface area contributed by atoms with Gasteiger partial charge in [-0.3, -0.25) is 4.98 Å². The van der Waals surface area contributed by atoms with Crippen LogP contribution in [0.25, 0.3) is 0 Å². The van der Waals surface area contributed by atoms with Crippen molar-refractivity contribution in [2.45, 2.75) is 77.4 Å². The lowest BCUT2D eigenvalue weighted by Crippen LogP contribution is -2.36. The van der Waals surface area contributed by atoms with Crippen molar-refractivity contribution in [3.05, 3.63) is 18.1 Å². The fourth-order valence-electron chi connectivity index (χ4n) is 2.84. The van der Waals surface area contributed by atoms with E-state index in [4.69, 9.17) is 4.98 Å². The predicted octanol–water partition coefficient (Wildman–Crippen LogP) is 3.52. The Morgan fingerprint density at radius 2 is 1.81 bits per heavy atom. The molecule has 118 valence electrons. The van der Waals surface area contributed by atoms with Crippen LogP contribution in [-0.4, -0.2) is 28.6 Å². The van der Waals surface area contributed by atoms with Gasteiger partial charge in [-0.05, 0) is 33.6 Å². The van der Waals surface area contributed by atoms with Crippen LogP contribution in [0.2, 0.25) is 0 Å². The lowest BCUT2D eigenvalue weighted by molar-refractivity contribution is 0.420. The molecule has 1 saturated carbocycles. The minimum Gasteiger partial charge on any atom is -0.355 e. The van der Waals surface area contributed by atoms with Gasteiger partial charge in [0.25, 0.3) is 0 Å². The second kappa shape index (κ2) is 7.21. The van der Waals surface area contributed by atoms with E-state index in [1.54, 1.807) is 0 Å². The van der Waals surface area contributed by atoms with Crippen LogP contribution in [0.15, 0.2) is 12.4 Å². The van der Waals surface area contributed by atoms with E-state index in [0.717, 1.165) is 18.1 Å². The van der Waals surface area contributed by atoms with Crippen molar-refractivity contribution in [2.75, 3.05) is 11.9 Å². The summed E-state index contributed by atoms with van der Waals surface area (Å²) in [6.07, 6.45) is 11.8. The monoisotopic (exact) mass is 290 g/mol. The fraction of sp³-hybridized carbons (Fsp3) is 0.765. The number of rotatable bonds is 4. The van der Waals surface area contributed by atoms with Crippen molar-refractivity contribution in [3.63, 3.8) is 0 Å². The molecule has 0 aromatic carbocycles. The third kappa shape index (κ3) is 5.27. The third-order valence-corrected chi connectivity index (χ3v) is 4.21. The maximum atomic E-state index is 4.78. The standard InChI is InChI=1S/C17H30N4/c1-17(2,3)19-12-14-11-18-13-16(20-14)21(4)15-9-7-5-6-8-10-15/h11,13,15,19H,5-10,12H2,1-4H3. The van der Waals surface area contributed by atoms with Gasteiger partial charge in [-0.2, -0.15) is 0 Å². The minimum atomic E-state index is 0.102. The summed E-state index contributed by atoms with van der Waals surface area (Å²) in [7, 11) is 2.17. The van der Waals surface area contributed by atoms with Crippen LogP contribution in [0.3, 0.4) is 0 Å². The van der Waals surface area contributed by atoms with Crippen molar-refractivity contribution in [3.8, 4) is 0 Å². The summed E-state index contributed by atoms with van der Waals surface area (Å²) in [5.41, 5.74) is 1.12. The topological polar surface area (TPSA) is 41.1 Å². The smallest absolute Gasteiger partial charge is 0.147 e. The van der Waals surface area contributed by atoms with Crippen LogP contribution >= 0.6 is 0 Å². The predicted molar refractivity (Wildman–Crippen MR) is 88.5 cm³/mol. The Balaban J connectivity index is 2.01. The fourth-order valence-corrected chi connectivity index (χ4v) is 2.84. The van der Waals surface area contributed by atoms with E-state index < -0.39 is 0 Å². The average molecular weight is 290 g/mol. The highest BCUT2D eigenvalue weighted by atomic mass is 15.2. The van der Waals surface area contributed by atoms with E-state index in [-0.39, 0.29) is 5.54 Å². The second-order valence-electron chi connectivity index (χ2n) is 7.23. The largest absolute Gasteiger partial charge is 0.355 e. The zero-order valence-electron chi connectivity index (χ0n) is 14.0. The molecule has 0 saturated heterocycles. The first-order valence-corrected chi connectivity index (χ1v) is 8.24. The summed E-state index contributed by atoms with van der Waals surface area (Å²) in [6.45, 7) is 7.27. The highest BCUT2D eigenvalue weighted by Gasteiger charge is 2.18. The molecule has 1 fully saturated rings. The van der Waals surface area contributed by atoms with Crippen LogP contribution in [0.4, 0.5) is 5.82 Å². The molecule has 0 bridgehead atoms. The van der Waals surface area contributed by atoms with E-state index in [2.05, 4.69) is 43.0 Å². The average Bonchev–Trinajstić information content (AvgIpc) is 2.73. The number of nitrogens with one attached hydrogen (secondary N) is 1. The summed E-state index contributed by atoms with van der Waals surface area (Å²) in [5, 5.41) is 3.47. The van der Waals surface area contributed by atoms with Gasteiger partial charge in [0.2, 0.25) is 0 Å². The molecule has 4 nitrogen and oxygen atoms in total. The summed E-state index contributed by atoms with van der Waals surface area (Å²) in [6, 6.07) is 0.618. The summed E-state index contributed by atoms with van der Waals surface area (Å²) < 4.78 is 0. The number of anilines is 1. The molecule has 4 heteroatoms. The van der Waals surface area contributed by atoms with Crippen LogP contribution in [-0.2, 0) is 6.54 Å². The van der Waals surface area contributed by atoms with E-state index in [1.165, 1.54) is 38.5 Å². The van der Waals surface area contributed by atoms with Crippen molar-refractivity contribution < 1.29 is 0 Å². The van der Waals surface area contributed by atoms with Gasteiger partial charge in [0, 0.05) is 31.4 Å². The molecule has 0 unspecified atom stereocenters. The molecule has 0 spiro atoms. The number of nitrogens with zero attached hydrogens (tertiary/aromatic N) is 3. The Labute approximate surface area is 129 Å². The van der Waals surface area contributed by atoms with Crippen LogP contribution in [0, 0.1) is 0 Å². The molecule has 21 heavy (non-hydrogen) atoms. The summed E-state index contributed by atoms with van der Waals surface area (Å²) in [5.74, 6) is 1.01. The number of hydrogen-bond acceptors (Lipinski definition) is 4. The Morgan fingerprint density at radius 1 is 1.14 bits per heavy atom. The van der Waals surface area contributed by atoms with E-state index >= 15 is 0 Å². The van der Waals surface area contributed by atoms with Gasteiger partial charge in [0.15, 0.2) is 0 Å². The van der Waals surface area contributed by atoms with Gasteiger partial charge < -0.3 is 10.2 Å². The molecular weight excluding hydrogens is 260 g/mol. The molecule has 0 aliphatic heterocycles. The molecule has 1 aliphatic carbocycles. The third-order valence-electron chi connectivity index (χ3n) is 4.21. The second-order valence-corrected chi connectivity index (χ2v) is 7.23. The highest BCUT2D eigenvalue weighted by Crippen LogP contribution is 2.24. The zero-order valence-corrected chi connectivity index (χ0v) is 14.0. The molecule has 1 aromatic rings. The van der Waals surface area contributed by atoms with Gasteiger partial charge in [-0.1, -0.05) is 25.7 Å². The Kier molecular flexibility index (Phi) is 5.57. The summed E-state index contributed by atoms with van der Waals surface area (Å²) >= 11 is 0. The number of hydrogen-bond donors (Lipinski definition) is 1. The molecule has 1 aromatic heterocycles. The van der Waals surface area contributed by atoms with Crippen molar-refractivity contribution in [1.29, 1.82) is 0 Å². The first-order chi connectivity index (χ1) is 9.96. The zero-order chi connectivity index (χ0) is 15.3. The van der Waals surface area contributed by atoms with Gasteiger partial charge in [-0.25, -0.2) is 4.98 Å². The molecule has 0 amide bonds. The van der Waals surface area contributed by atoms with Crippen molar-refractivity contribution in [1.82, 2.24) is 15.3 Å². The highest BCUT2D eigenvalue weighted by molar-refractivity contribution is 5.36. The Morgan fingerprint density at radius 3 is 2.43 bits per heavy atom. The SMILES string of the molecule is CN(c1cncc(CNC(C)(C)C)n1)C1CCCCCC1. The first kappa shape index (κ1) is 16.2. The van der Waals surface area contributed by atoms with E-state index in [0.29, 0.717) is 6.04 Å². The van der Waals surface area contributed by atoms with E-state index in [1.807, 2.05) is 12.4 Å². The molecule has 2 rings (SSSR count). The Hall–Kier alpha value is -1.16. The van der Waals surface area contributed by atoms with Crippen molar-refractivity contribution in [2.24, 2.45) is 0 Å². The molecule has 0 radical (unpaired) electrons. The molecule has 1 aliphatic rings. The van der Waals surface area contributed by atoms with Crippen LogP contribution < -0.4 is 10.2 Å². The van der Waals surface area contributed by atoms with Gasteiger partial charge in [0.1, 0.15) is 5.82 Å². The molecule has 1 heterocycles. The van der Waals surface area contributed by atoms with Gasteiger partial charge in [0.05, 0.1) is 11.9 Å². The van der Waals surface area contributed by atoms with Gasteiger partial charge >= 0.3 is 0 Å². The minimum absolute atomic E-state index is 0.102. The maximum Gasteiger partial charge on any atom is 0.147 e. The molecule has 0 atom stereocenters. The molecule has 1 N–H and O–H groups in total. The van der Waals surface area contributed by atoms with E-state index in [9.17, 15) is 0 Å².